The Morgan fingerprint density at radius 3 is 2.65 bits per heavy atom. The maximum absolute atomic E-state index is 14.8. The van der Waals surface area contributed by atoms with Crippen LogP contribution in [0.3, 0.4) is 0 Å². The molecule has 0 N–H and O–H groups in total. The Labute approximate surface area is 117 Å². The molecule has 1 aliphatic heterocycles. The molecule has 1 aromatic carbocycles. The van der Waals surface area contributed by atoms with E-state index in [1.165, 1.54) is 6.92 Å². The van der Waals surface area contributed by atoms with Gasteiger partial charge in [-0.1, -0.05) is 25.1 Å². The van der Waals surface area contributed by atoms with Crippen LogP contribution in [0.1, 0.15) is 31.0 Å². The van der Waals surface area contributed by atoms with Crippen LogP contribution in [0.25, 0.3) is 0 Å². The van der Waals surface area contributed by atoms with Gasteiger partial charge < -0.3 is 4.74 Å². The van der Waals surface area contributed by atoms with Gasteiger partial charge in [0.1, 0.15) is 0 Å². The zero-order chi connectivity index (χ0) is 14.2. The number of ether oxygens (including phenoxy) is 1. The predicted molar refractivity (Wildman–Crippen MR) is 75.9 cm³/mol. The third-order valence-electron chi connectivity index (χ3n) is 3.54. The van der Waals surface area contributed by atoms with Gasteiger partial charge in [-0.15, -0.1) is 0 Å². The van der Waals surface area contributed by atoms with Gasteiger partial charge in [0.25, 0.3) is 5.85 Å². The van der Waals surface area contributed by atoms with Crippen LogP contribution < -0.4 is 0 Å². The molecule has 0 saturated carbocycles. The quantitative estimate of drug-likeness (QED) is 0.785. The van der Waals surface area contributed by atoms with Gasteiger partial charge in [0.2, 0.25) is 5.90 Å². The molecule has 3 rings (SSSR count). The van der Waals surface area contributed by atoms with Crippen LogP contribution in [-0.4, -0.2) is 16.7 Å². The van der Waals surface area contributed by atoms with Crippen molar-refractivity contribution in [2.75, 3.05) is 0 Å². The first-order valence-electron chi connectivity index (χ1n) is 6.55. The highest BCUT2D eigenvalue weighted by molar-refractivity contribution is 5.96. The topological polar surface area (TPSA) is 34.5 Å². The molecular formula is C16H15FN2O. The zero-order valence-electron chi connectivity index (χ0n) is 11.4. The number of alkyl halides is 1. The van der Waals surface area contributed by atoms with E-state index in [4.69, 9.17) is 4.74 Å². The number of halogens is 1. The van der Waals surface area contributed by atoms with Crippen LogP contribution in [0.15, 0.2) is 53.7 Å². The summed E-state index contributed by atoms with van der Waals surface area (Å²) >= 11 is 0. The highest BCUT2D eigenvalue weighted by Gasteiger charge is 2.39. The van der Waals surface area contributed by atoms with E-state index < -0.39 is 11.8 Å². The maximum Gasteiger partial charge on any atom is 0.255 e. The molecule has 20 heavy (non-hydrogen) atoms. The van der Waals surface area contributed by atoms with Gasteiger partial charge in [-0.25, -0.2) is 4.99 Å². The molecule has 0 bridgehead atoms. The average molecular weight is 270 g/mol. The Balaban J connectivity index is 2.16. The number of hydrogen-bond acceptors (Lipinski definition) is 3. The van der Waals surface area contributed by atoms with Gasteiger partial charge in [-0.3, -0.25) is 4.98 Å². The largest absolute Gasteiger partial charge is 0.440 e. The number of pyridine rings is 1. The zero-order valence-corrected chi connectivity index (χ0v) is 11.4. The second-order valence-electron chi connectivity index (χ2n) is 5.00. The molecule has 102 valence electrons. The molecule has 0 aliphatic carbocycles. The Bertz CT molecular complexity index is 653. The van der Waals surface area contributed by atoms with Gasteiger partial charge >= 0.3 is 0 Å². The van der Waals surface area contributed by atoms with Crippen molar-refractivity contribution >= 4 is 11.6 Å². The van der Waals surface area contributed by atoms with E-state index in [0.717, 1.165) is 5.56 Å². The fourth-order valence-electron chi connectivity index (χ4n) is 2.20. The van der Waals surface area contributed by atoms with Crippen molar-refractivity contribution in [3.8, 4) is 0 Å². The lowest BCUT2D eigenvalue weighted by Crippen LogP contribution is -2.31. The Kier molecular flexibility index (Phi) is 3.01. The first-order chi connectivity index (χ1) is 9.58. The van der Waals surface area contributed by atoms with Gasteiger partial charge in [-0.2, -0.15) is 4.39 Å². The molecule has 3 nitrogen and oxygen atoms in total. The summed E-state index contributed by atoms with van der Waals surface area (Å²) in [5, 5.41) is 0. The van der Waals surface area contributed by atoms with Crippen molar-refractivity contribution in [3.05, 3.63) is 59.9 Å². The summed E-state index contributed by atoms with van der Waals surface area (Å²) in [6.45, 7) is 3.18. The summed E-state index contributed by atoms with van der Waals surface area (Å²) in [6, 6.07) is 12.9. The number of rotatable bonds is 1. The smallest absolute Gasteiger partial charge is 0.255 e. The summed E-state index contributed by atoms with van der Waals surface area (Å²) in [7, 11) is 0. The first-order valence-corrected chi connectivity index (χ1v) is 6.55. The number of aromatic nitrogens is 1. The monoisotopic (exact) mass is 270 g/mol. The predicted octanol–water partition coefficient (Wildman–Crippen LogP) is 3.98. The van der Waals surface area contributed by atoms with Gasteiger partial charge in [-0.05, 0) is 24.3 Å². The molecular weight excluding hydrogens is 255 g/mol. The summed E-state index contributed by atoms with van der Waals surface area (Å²) in [4.78, 5) is 8.70. The molecule has 1 aliphatic rings. The fraction of sp³-hybridized carbons (Fsp3) is 0.250. The summed E-state index contributed by atoms with van der Waals surface area (Å²) < 4.78 is 20.3. The second kappa shape index (κ2) is 4.71. The number of aliphatic imine (C=N–C) groups is 1. The van der Waals surface area contributed by atoms with E-state index in [1.54, 1.807) is 19.2 Å². The molecule has 0 spiro atoms. The van der Waals surface area contributed by atoms with Crippen molar-refractivity contribution < 1.29 is 9.13 Å². The number of benzene rings is 1. The van der Waals surface area contributed by atoms with Crippen LogP contribution >= 0.6 is 0 Å². The lowest BCUT2D eigenvalue weighted by Gasteiger charge is -2.26. The standard InChI is InChI=1S/C16H15FN2O/c1-11-14-13(9-6-10-18-14)19-15(20-16(11,2)17)12-7-4-3-5-8-12/h3-11H,1-2H3. The Hall–Kier alpha value is -2.23. The summed E-state index contributed by atoms with van der Waals surface area (Å²) in [5.74, 6) is -2.06. The van der Waals surface area contributed by atoms with Crippen molar-refractivity contribution in [1.82, 2.24) is 4.98 Å². The molecule has 0 amide bonds. The van der Waals surface area contributed by atoms with E-state index in [9.17, 15) is 4.39 Å². The van der Waals surface area contributed by atoms with E-state index in [1.807, 2.05) is 36.4 Å². The normalized spacial score (nSPS) is 25.1. The molecule has 4 heteroatoms. The van der Waals surface area contributed by atoms with Crippen LogP contribution in [0.2, 0.25) is 0 Å². The minimum atomic E-state index is -1.85. The van der Waals surface area contributed by atoms with Gasteiger partial charge in [0.15, 0.2) is 0 Å². The van der Waals surface area contributed by atoms with Gasteiger partial charge in [0, 0.05) is 18.7 Å². The lowest BCUT2D eigenvalue weighted by atomic mass is 9.98. The average Bonchev–Trinajstić information content (AvgIpc) is 2.56. The second-order valence-corrected chi connectivity index (χ2v) is 5.00. The van der Waals surface area contributed by atoms with E-state index in [0.29, 0.717) is 11.4 Å². The molecule has 0 radical (unpaired) electrons. The van der Waals surface area contributed by atoms with Gasteiger partial charge in [0.05, 0.1) is 17.3 Å². The minimum absolute atomic E-state index is 0.286. The first kappa shape index (κ1) is 12.8. The highest BCUT2D eigenvalue weighted by Crippen LogP contribution is 2.39. The molecule has 2 heterocycles. The minimum Gasteiger partial charge on any atom is -0.440 e. The third-order valence-corrected chi connectivity index (χ3v) is 3.54. The van der Waals surface area contributed by atoms with E-state index in [-0.39, 0.29) is 5.90 Å². The van der Waals surface area contributed by atoms with Crippen molar-refractivity contribution in [1.29, 1.82) is 0 Å². The number of hydrogen-bond donors (Lipinski definition) is 0. The molecule has 0 fully saturated rings. The van der Waals surface area contributed by atoms with E-state index in [2.05, 4.69) is 9.98 Å². The molecule has 2 aromatic rings. The van der Waals surface area contributed by atoms with Crippen molar-refractivity contribution in [2.24, 2.45) is 4.99 Å². The Morgan fingerprint density at radius 1 is 1.15 bits per heavy atom. The third kappa shape index (κ3) is 2.18. The maximum atomic E-state index is 14.8. The van der Waals surface area contributed by atoms with Crippen LogP contribution in [0.4, 0.5) is 10.1 Å². The molecule has 2 atom stereocenters. The molecule has 2 unspecified atom stereocenters. The Morgan fingerprint density at radius 2 is 1.90 bits per heavy atom. The summed E-state index contributed by atoms with van der Waals surface area (Å²) in [6.07, 6.45) is 1.65. The summed E-state index contributed by atoms with van der Waals surface area (Å²) in [5.41, 5.74) is 2.02. The molecule has 1 aromatic heterocycles. The van der Waals surface area contributed by atoms with Crippen LogP contribution in [-0.2, 0) is 4.74 Å². The number of fused-ring (bicyclic) bond motifs is 1. The van der Waals surface area contributed by atoms with Crippen LogP contribution in [0.5, 0.6) is 0 Å². The number of nitrogens with zero attached hydrogens (tertiary/aromatic N) is 2. The van der Waals surface area contributed by atoms with Crippen molar-refractivity contribution in [3.63, 3.8) is 0 Å². The fourth-order valence-corrected chi connectivity index (χ4v) is 2.20. The highest BCUT2D eigenvalue weighted by atomic mass is 19.2. The molecule has 0 saturated heterocycles. The van der Waals surface area contributed by atoms with Crippen LogP contribution in [0, 0.1) is 0 Å². The lowest BCUT2D eigenvalue weighted by molar-refractivity contribution is -0.0737. The van der Waals surface area contributed by atoms with Crippen molar-refractivity contribution in [2.45, 2.75) is 25.6 Å². The van der Waals surface area contributed by atoms with E-state index >= 15 is 0 Å². The SMILES string of the molecule is CC1c2ncccc2N=C(c2ccccc2)OC1(C)F.